The highest BCUT2D eigenvalue weighted by molar-refractivity contribution is 7.99. The van der Waals surface area contributed by atoms with Crippen LogP contribution in [-0.2, 0) is 11.3 Å². The average Bonchev–Trinajstić information content (AvgIpc) is 3.35. The van der Waals surface area contributed by atoms with E-state index < -0.39 is 0 Å². The van der Waals surface area contributed by atoms with E-state index in [2.05, 4.69) is 5.10 Å². The molecule has 0 bridgehead atoms. The van der Waals surface area contributed by atoms with E-state index in [1.807, 2.05) is 43.7 Å². The topological polar surface area (TPSA) is 51.0 Å². The Labute approximate surface area is 211 Å². The normalized spacial score (nSPS) is 11.3. The van der Waals surface area contributed by atoms with Gasteiger partial charge in [-0.2, -0.15) is 5.10 Å². The summed E-state index contributed by atoms with van der Waals surface area (Å²) in [6.45, 7) is 7.03. The predicted molar refractivity (Wildman–Crippen MR) is 140 cm³/mol. The summed E-state index contributed by atoms with van der Waals surface area (Å²) in [4.78, 5) is 20.9. The van der Waals surface area contributed by atoms with Gasteiger partial charge in [0.05, 0.1) is 22.5 Å². The van der Waals surface area contributed by atoms with E-state index in [-0.39, 0.29) is 11.7 Å². The minimum absolute atomic E-state index is 0.0315. The summed E-state index contributed by atoms with van der Waals surface area (Å²) in [7, 11) is 0. The van der Waals surface area contributed by atoms with Gasteiger partial charge in [0.25, 0.3) is 0 Å². The van der Waals surface area contributed by atoms with Crippen molar-refractivity contribution in [1.82, 2.24) is 14.8 Å². The Balaban J connectivity index is 1.48. The molecule has 4 aromatic rings. The maximum atomic E-state index is 13.3. The van der Waals surface area contributed by atoms with Gasteiger partial charge in [0.1, 0.15) is 5.82 Å². The summed E-state index contributed by atoms with van der Waals surface area (Å²) >= 11 is 9.35. The Morgan fingerprint density at radius 2 is 1.94 bits per heavy atom. The van der Waals surface area contributed by atoms with Gasteiger partial charge in [-0.1, -0.05) is 22.9 Å². The summed E-state index contributed by atoms with van der Waals surface area (Å²) in [6, 6.07) is 12.2. The van der Waals surface area contributed by atoms with E-state index in [4.69, 9.17) is 16.6 Å². The summed E-state index contributed by atoms with van der Waals surface area (Å²) in [5.41, 5.74) is 3.89. The molecular weight excluding hydrogens is 491 g/mol. The van der Waals surface area contributed by atoms with Crippen LogP contribution in [0.3, 0.4) is 0 Å². The zero-order valence-electron chi connectivity index (χ0n) is 19.3. The van der Waals surface area contributed by atoms with Crippen LogP contribution in [0.25, 0.3) is 10.2 Å². The molecular formula is C25H26ClFN4OS2. The van der Waals surface area contributed by atoms with Crippen LogP contribution in [0.4, 0.5) is 9.52 Å². The molecule has 0 fully saturated rings. The van der Waals surface area contributed by atoms with Crippen molar-refractivity contribution in [2.75, 3.05) is 17.2 Å². The smallest absolute Gasteiger partial charge is 0.228 e. The number of nitrogens with zero attached hydrogens (tertiary/aromatic N) is 4. The van der Waals surface area contributed by atoms with Crippen molar-refractivity contribution in [3.63, 3.8) is 0 Å². The van der Waals surface area contributed by atoms with Crippen LogP contribution in [0.15, 0.2) is 47.4 Å². The summed E-state index contributed by atoms with van der Waals surface area (Å²) < 4.78 is 16.0. The molecule has 9 heteroatoms. The maximum Gasteiger partial charge on any atom is 0.228 e. The Morgan fingerprint density at radius 3 is 2.65 bits per heavy atom. The fourth-order valence-corrected chi connectivity index (χ4v) is 6.08. The second kappa shape index (κ2) is 10.9. The molecule has 0 radical (unpaired) electrons. The Bertz CT molecular complexity index is 1300. The molecule has 1 amide bonds. The number of fused-ring (bicyclic) bond motifs is 1. The Morgan fingerprint density at radius 1 is 1.18 bits per heavy atom. The molecule has 0 aliphatic heterocycles. The molecule has 178 valence electrons. The number of halogens is 2. The molecule has 0 saturated heterocycles. The Hall–Kier alpha value is -2.42. The molecule has 2 aromatic heterocycles. The summed E-state index contributed by atoms with van der Waals surface area (Å²) in [5.74, 6) is 0.561. The molecule has 2 aromatic carbocycles. The number of hydrogen-bond acceptors (Lipinski definition) is 5. The maximum absolute atomic E-state index is 13.3. The van der Waals surface area contributed by atoms with Crippen molar-refractivity contribution in [3.05, 3.63) is 70.3 Å². The first kappa shape index (κ1) is 24.7. The van der Waals surface area contributed by atoms with Crippen LogP contribution in [-0.4, -0.2) is 33.0 Å². The van der Waals surface area contributed by atoms with Crippen molar-refractivity contribution >= 4 is 56.0 Å². The van der Waals surface area contributed by atoms with Gasteiger partial charge in [-0.25, -0.2) is 9.37 Å². The number of aryl methyl sites for hydroxylation is 3. The average molecular weight is 517 g/mol. The van der Waals surface area contributed by atoms with Crippen LogP contribution in [0.5, 0.6) is 0 Å². The van der Waals surface area contributed by atoms with Crippen molar-refractivity contribution in [1.29, 1.82) is 0 Å². The van der Waals surface area contributed by atoms with E-state index in [0.717, 1.165) is 37.8 Å². The van der Waals surface area contributed by atoms with Gasteiger partial charge in [0.2, 0.25) is 5.91 Å². The van der Waals surface area contributed by atoms with Gasteiger partial charge in [0, 0.05) is 28.6 Å². The van der Waals surface area contributed by atoms with Crippen LogP contribution >= 0.6 is 34.7 Å². The van der Waals surface area contributed by atoms with Gasteiger partial charge in [0.15, 0.2) is 5.13 Å². The Kier molecular flexibility index (Phi) is 7.91. The minimum atomic E-state index is -0.245. The van der Waals surface area contributed by atoms with Crippen molar-refractivity contribution in [2.45, 2.75) is 45.1 Å². The van der Waals surface area contributed by atoms with E-state index >= 15 is 0 Å². The molecule has 0 spiro atoms. The number of aromatic nitrogens is 3. The monoisotopic (exact) mass is 516 g/mol. The van der Waals surface area contributed by atoms with Crippen LogP contribution in [0.1, 0.15) is 29.8 Å². The number of carbonyl (C=O) groups is 1. The van der Waals surface area contributed by atoms with Gasteiger partial charge in [-0.05, 0) is 81.0 Å². The lowest BCUT2D eigenvalue weighted by molar-refractivity contribution is -0.118. The van der Waals surface area contributed by atoms with E-state index in [9.17, 15) is 9.18 Å². The summed E-state index contributed by atoms with van der Waals surface area (Å²) in [5, 5.41) is 5.88. The fraction of sp³-hybridized carbons (Fsp3) is 0.320. The van der Waals surface area contributed by atoms with Crippen LogP contribution in [0.2, 0.25) is 5.02 Å². The molecule has 4 rings (SSSR count). The van der Waals surface area contributed by atoms with Gasteiger partial charge in [-0.3, -0.25) is 14.4 Å². The molecule has 0 unspecified atom stereocenters. The fourth-order valence-electron chi connectivity index (χ4n) is 3.76. The van der Waals surface area contributed by atoms with E-state index in [0.29, 0.717) is 36.1 Å². The van der Waals surface area contributed by atoms with Gasteiger partial charge in [-0.15, -0.1) is 11.8 Å². The number of benzene rings is 2. The van der Waals surface area contributed by atoms with Gasteiger partial charge < -0.3 is 0 Å². The lowest BCUT2D eigenvalue weighted by atomic mass is 10.2. The van der Waals surface area contributed by atoms with E-state index in [1.54, 1.807) is 28.8 Å². The molecule has 0 N–H and O–H groups in total. The first-order valence-electron chi connectivity index (χ1n) is 11.1. The number of anilines is 1. The van der Waals surface area contributed by atoms with Crippen LogP contribution in [0, 0.1) is 26.6 Å². The SMILES string of the molecule is Cc1cc(C)n(CCN(C(=O)CCCSc2ccc(F)cc2)c2nc3c(C)cc(Cl)cc3s2)n1. The minimum Gasteiger partial charge on any atom is -0.286 e. The van der Waals surface area contributed by atoms with Crippen molar-refractivity contribution < 1.29 is 9.18 Å². The molecule has 2 heterocycles. The highest BCUT2D eigenvalue weighted by atomic mass is 35.5. The van der Waals surface area contributed by atoms with Crippen molar-refractivity contribution in [3.8, 4) is 0 Å². The third kappa shape index (κ3) is 5.98. The molecule has 0 atom stereocenters. The number of thiazole rings is 1. The number of carbonyl (C=O) groups excluding carboxylic acids is 1. The lowest BCUT2D eigenvalue weighted by Crippen LogP contribution is -2.34. The quantitative estimate of drug-likeness (QED) is 0.181. The third-order valence-electron chi connectivity index (χ3n) is 5.43. The second-order valence-electron chi connectivity index (χ2n) is 8.17. The molecule has 0 aliphatic rings. The van der Waals surface area contributed by atoms with E-state index in [1.165, 1.54) is 23.5 Å². The predicted octanol–water partition coefficient (Wildman–Crippen LogP) is 6.82. The number of hydrogen-bond donors (Lipinski definition) is 0. The largest absolute Gasteiger partial charge is 0.286 e. The first-order chi connectivity index (χ1) is 16.3. The summed E-state index contributed by atoms with van der Waals surface area (Å²) in [6.07, 6.45) is 1.12. The first-order valence-corrected chi connectivity index (χ1v) is 13.2. The van der Waals surface area contributed by atoms with Gasteiger partial charge >= 0.3 is 0 Å². The molecule has 34 heavy (non-hydrogen) atoms. The number of thioether (sulfide) groups is 1. The zero-order valence-corrected chi connectivity index (χ0v) is 21.7. The highest BCUT2D eigenvalue weighted by Gasteiger charge is 2.21. The number of amides is 1. The third-order valence-corrected chi connectivity index (χ3v) is 7.77. The standard InChI is InChI=1S/C25H26ClFN4OS2/c1-16-13-19(26)15-22-24(16)28-25(34-22)30(10-11-31-18(3)14-17(2)29-31)23(32)5-4-12-33-21-8-6-20(27)7-9-21/h6-9,13-15H,4-5,10-12H2,1-3H3. The highest BCUT2D eigenvalue weighted by Crippen LogP contribution is 2.33. The van der Waals surface area contributed by atoms with Crippen LogP contribution < -0.4 is 4.90 Å². The molecule has 0 aliphatic carbocycles. The van der Waals surface area contributed by atoms with Crippen molar-refractivity contribution in [2.24, 2.45) is 0 Å². The second-order valence-corrected chi connectivity index (χ2v) is 10.8. The number of rotatable bonds is 9. The zero-order chi connectivity index (χ0) is 24.2. The molecule has 5 nitrogen and oxygen atoms in total. The lowest BCUT2D eigenvalue weighted by Gasteiger charge is -2.20. The molecule has 0 saturated carbocycles.